The van der Waals surface area contributed by atoms with E-state index >= 15 is 0 Å². The summed E-state index contributed by atoms with van der Waals surface area (Å²) >= 11 is 0. The first kappa shape index (κ1) is 16.7. The first-order valence-electron chi connectivity index (χ1n) is 8.26. The van der Waals surface area contributed by atoms with Crippen LogP contribution in [0.3, 0.4) is 0 Å². The zero-order valence-corrected chi connectivity index (χ0v) is 14.1. The van der Waals surface area contributed by atoms with Gasteiger partial charge in [0, 0.05) is 24.6 Å². The molecule has 1 saturated heterocycles. The van der Waals surface area contributed by atoms with Gasteiger partial charge in [0.15, 0.2) is 0 Å². The zero-order valence-electron chi connectivity index (χ0n) is 14.1. The third kappa shape index (κ3) is 2.77. The summed E-state index contributed by atoms with van der Waals surface area (Å²) in [5.41, 5.74) is -0.708. The first-order chi connectivity index (χ1) is 12.5. The molecule has 26 heavy (non-hydrogen) atoms. The van der Waals surface area contributed by atoms with Gasteiger partial charge >= 0.3 is 11.7 Å². The molecule has 1 aromatic heterocycles. The Bertz CT molecular complexity index is 896. The van der Waals surface area contributed by atoms with Crippen molar-refractivity contribution in [3.8, 4) is 5.88 Å². The van der Waals surface area contributed by atoms with Gasteiger partial charge in [-0.2, -0.15) is 4.98 Å². The molecular formula is C18H18N2O6. The molecule has 0 amide bonds. The highest BCUT2D eigenvalue weighted by Crippen LogP contribution is 2.43. The van der Waals surface area contributed by atoms with Crippen LogP contribution in [-0.4, -0.2) is 46.0 Å². The van der Waals surface area contributed by atoms with Gasteiger partial charge in [0.1, 0.15) is 24.5 Å². The Balaban J connectivity index is 1.52. The lowest BCUT2D eigenvalue weighted by molar-refractivity contribution is -0.0775. The quantitative estimate of drug-likeness (QED) is 0.803. The predicted molar refractivity (Wildman–Crippen MR) is 89.0 cm³/mol. The fourth-order valence-corrected chi connectivity index (χ4v) is 3.52. The minimum Gasteiger partial charge on any atom is -0.481 e. The second-order valence-corrected chi connectivity index (χ2v) is 6.47. The number of aliphatic hydroxyl groups is 1. The molecular weight excluding hydrogens is 340 g/mol. The van der Waals surface area contributed by atoms with Crippen molar-refractivity contribution in [2.45, 2.75) is 30.8 Å². The molecule has 1 fully saturated rings. The standard InChI is InChI=1S/C18H18N2O6/c1-24-14-7-12-8-18(23)9-15(20(12)17(22)19-14)26-13(18)10-25-16(21)11-5-3-2-4-6-11/h2-7,13,15,23H,8-10H2,1H3/t13-,15-,18+/m1/s1. The van der Waals surface area contributed by atoms with E-state index in [0.29, 0.717) is 11.3 Å². The van der Waals surface area contributed by atoms with E-state index in [1.165, 1.54) is 11.7 Å². The van der Waals surface area contributed by atoms with E-state index in [2.05, 4.69) is 4.98 Å². The second-order valence-electron chi connectivity index (χ2n) is 6.47. The lowest BCUT2D eigenvalue weighted by Crippen LogP contribution is -2.46. The number of aromatic nitrogens is 2. The summed E-state index contributed by atoms with van der Waals surface area (Å²) in [4.78, 5) is 28.2. The summed E-state index contributed by atoms with van der Waals surface area (Å²) in [6.45, 7) is -0.103. The number of hydrogen-bond acceptors (Lipinski definition) is 7. The Hall–Kier alpha value is -2.71. The van der Waals surface area contributed by atoms with Crippen molar-refractivity contribution in [2.24, 2.45) is 0 Å². The Labute approximate surface area is 149 Å². The Morgan fingerprint density at radius 1 is 1.42 bits per heavy atom. The van der Waals surface area contributed by atoms with Crippen LogP contribution in [0.25, 0.3) is 0 Å². The third-order valence-electron chi connectivity index (χ3n) is 4.82. The van der Waals surface area contributed by atoms with E-state index in [-0.39, 0.29) is 25.3 Å². The highest BCUT2D eigenvalue weighted by atomic mass is 16.6. The molecule has 1 aromatic carbocycles. The van der Waals surface area contributed by atoms with E-state index in [9.17, 15) is 14.7 Å². The molecule has 0 aliphatic carbocycles. The molecule has 2 aliphatic rings. The summed E-state index contributed by atoms with van der Waals surface area (Å²) in [5, 5.41) is 11.0. The molecule has 2 bridgehead atoms. The number of carbonyl (C=O) groups excluding carboxylic acids is 1. The van der Waals surface area contributed by atoms with Crippen molar-refractivity contribution in [3.63, 3.8) is 0 Å². The third-order valence-corrected chi connectivity index (χ3v) is 4.82. The van der Waals surface area contributed by atoms with Gasteiger partial charge in [-0.1, -0.05) is 18.2 Å². The molecule has 0 spiro atoms. The van der Waals surface area contributed by atoms with Gasteiger partial charge in [0.25, 0.3) is 0 Å². The van der Waals surface area contributed by atoms with Crippen LogP contribution in [0.1, 0.15) is 28.7 Å². The van der Waals surface area contributed by atoms with Crippen molar-refractivity contribution in [2.75, 3.05) is 13.7 Å². The lowest BCUT2D eigenvalue weighted by atomic mass is 9.87. The normalized spacial score (nSPS) is 26.2. The van der Waals surface area contributed by atoms with Gasteiger partial charge < -0.3 is 19.3 Å². The second kappa shape index (κ2) is 6.22. The molecule has 3 atom stereocenters. The van der Waals surface area contributed by atoms with Crippen LogP contribution in [0, 0.1) is 0 Å². The van der Waals surface area contributed by atoms with Gasteiger partial charge in [-0.25, -0.2) is 9.59 Å². The maximum atomic E-state index is 12.2. The number of rotatable bonds is 4. The summed E-state index contributed by atoms with van der Waals surface area (Å²) in [6, 6.07) is 10.2. The van der Waals surface area contributed by atoms with Crippen molar-refractivity contribution in [1.29, 1.82) is 0 Å². The van der Waals surface area contributed by atoms with E-state index in [1.54, 1.807) is 36.4 Å². The molecule has 3 heterocycles. The summed E-state index contributed by atoms with van der Waals surface area (Å²) in [7, 11) is 1.42. The monoisotopic (exact) mass is 358 g/mol. The molecule has 2 aliphatic heterocycles. The minimum atomic E-state index is -1.22. The van der Waals surface area contributed by atoms with E-state index < -0.39 is 29.6 Å². The largest absolute Gasteiger partial charge is 0.481 e. The predicted octanol–water partition coefficient (Wildman–Crippen LogP) is 0.684. The van der Waals surface area contributed by atoms with Crippen molar-refractivity contribution < 1.29 is 24.1 Å². The Morgan fingerprint density at radius 3 is 2.92 bits per heavy atom. The highest BCUT2D eigenvalue weighted by molar-refractivity contribution is 5.89. The average Bonchev–Trinajstić information content (AvgIpc) is 2.89. The number of carbonyl (C=O) groups is 1. The molecule has 4 rings (SSSR count). The fourth-order valence-electron chi connectivity index (χ4n) is 3.52. The van der Waals surface area contributed by atoms with Crippen LogP contribution in [0.15, 0.2) is 41.2 Å². The maximum Gasteiger partial charge on any atom is 0.353 e. The molecule has 1 N–H and O–H groups in total. The number of ether oxygens (including phenoxy) is 3. The lowest BCUT2D eigenvalue weighted by Gasteiger charge is -2.30. The first-order valence-corrected chi connectivity index (χ1v) is 8.26. The molecule has 2 aromatic rings. The Morgan fingerprint density at radius 2 is 2.19 bits per heavy atom. The van der Waals surface area contributed by atoms with Gasteiger partial charge in [0.2, 0.25) is 5.88 Å². The van der Waals surface area contributed by atoms with Crippen LogP contribution >= 0.6 is 0 Å². The fraction of sp³-hybridized carbons (Fsp3) is 0.389. The number of benzene rings is 1. The molecule has 8 heteroatoms. The molecule has 0 radical (unpaired) electrons. The van der Waals surface area contributed by atoms with E-state index in [4.69, 9.17) is 14.2 Å². The van der Waals surface area contributed by atoms with Crippen LogP contribution < -0.4 is 10.4 Å². The maximum absolute atomic E-state index is 12.2. The minimum absolute atomic E-state index is 0.103. The number of esters is 1. The molecule has 0 unspecified atom stereocenters. The number of methoxy groups -OCH3 is 1. The van der Waals surface area contributed by atoms with Crippen LogP contribution in [0.4, 0.5) is 0 Å². The summed E-state index contributed by atoms with van der Waals surface area (Å²) in [6.07, 6.45) is -0.951. The molecule has 0 saturated carbocycles. The van der Waals surface area contributed by atoms with Gasteiger partial charge in [-0.05, 0) is 12.1 Å². The summed E-state index contributed by atoms with van der Waals surface area (Å²) < 4.78 is 17.6. The van der Waals surface area contributed by atoms with Gasteiger partial charge in [0.05, 0.1) is 12.7 Å². The van der Waals surface area contributed by atoms with Gasteiger partial charge in [-0.3, -0.25) is 4.57 Å². The average molecular weight is 358 g/mol. The number of nitrogens with zero attached hydrogens (tertiary/aromatic N) is 2. The van der Waals surface area contributed by atoms with Crippen molar-refractivity contribution in [3.05, 3.63) is 58.1 Å². The highest BCUT2D eigenvalue weighted by Gasteiger charge is 2.53. The van der Waals surface area contributed by atoms with Crippen LogP contribution in [-0.2, 0) is 15.9 Å². The van der Waals surface area contributed by atoms with E-state index in [1.807, 2.05) is 0 Å². The Kier molecular flexibility index (Phi) is 4.01. The van der Waals surface area contributed by atoms with Crippen LogP contribution in [0.5, 0.6) is 5.88 Å². The smallest absolute Gasteiger partial charge is 0.353 e. The van der Waals surface area contributed by atoms with Crippen LogP contribution in [0.2, 0.25) is 0 Å². The zero-order chi connectivity index (χ0) is 18.3. The molecule has 8 nitrogen and oxygen atoms in total. The van der Waals surface area contributed by atoms with Gasteiger partial charge in [-0.15, -0.1) is 0 Å². The van der Waals surface area contributed by atoms with E-state index in [0.717, 1.165) is 0 Å². The summed E-state index contributed by atoms with van der Waals surface area (Å²) in [5.74, 6) is -0.296. The van der Waals surface area contributed by atoms with Crippen molar-refractivity contribution >= 4 is 5.97 Å². The van der Waals surface area contributed by atoms with Crippen molar-refractivity contribution in [1.82, 2.24) is 9.55 Å². The number of fused-ring (bicyclic) bond motifs is 4. The molecule has 136 valence electrons. The number of hydrogen-bond donors (Lipinski definition) is 1. The SMILES string of the molecule is COc1cc2n(c(=O)n1)[C@H]1C[C@@](O)(C2)[C@@H](COC(=O)c2ccccc2)O1. The topological polar surface area (TPSA) is 99.9 Å².